The molecule has 1 aliphatic rings. The molecule has 66 valence electrons. The second-order valence-electron chi connectivity index (χ2n) is 3.53. The zero-order chi connectivity index (χ0) is 8.32. The summed E-state index contributed by atoms with van der Waals surface area (Å²) in [5.41, 5.74) is -0.428. The van der Waals surface area contributed by atoms with Crippen molar-refractivity contribution in [2.45, 2.75) is 25.4 Å². The normalized spacial score (nSPS) is 25.4. The monoisotopic (exact) mass is 177 g/mol. The van der Waals surface area contributed by atoms with Gasteiger partial charge in [-0.1, -0.05) is 0 Å². The van der Waals surface area contributed by atoms with E-state index in [1.54, 1.807) is 0 Å². The van der Waals surface area contributed by atoms with Crippen LogP contribution in [0.4, 0.5) is 0 Å². The van der Waals surface area contributed by atoms with Gasteiger partial charge >= 0.3 is 0 Å². The van der Waals surface area contributed by atoms with E-state index >= 15 is 0 Å². The molecule has 1 rings (SSSR count). The molecule has 0 amide bonds. The van der Waals surface area contributed by atoms with Crippen molar-refractivity contribution in [3.05, 3.63) is 0 Å². The molecule has 1 fully saturated rings. The van der Waals surface area contributed by atoms with Crippen LogP contribution in [0.25, 0.3) is 0 Å². The van der Waals surface area contributed by atoms with E-state index in [1.807, 2.05) is 6.92 Å². The lowest BCUT2D eigenvalue weighted by Gasteiger charge is -2.35. The maximum Gasteiger partial charge on any atom is 0.0644 e. The summed E-state index contributed by atoms with van der Waals surface area (Å²) < 4.78 is 0. The predicted octanol–water partition coefficient (Wildman–Crippen LogP) is 1.07. The number of aliphatic hydroxyl groups is 1. The molecule has 1 heterocycles. The van der Waals surface area contributed by atoms with Crippen molar-refractivity contribution in [2.75, 3.05) is 25.5 Å². The van der Waals surface area contributed by atoms with Crippen LogP contribution in [-0.2, 0) is 0 Å². The quantitative estimate of drug-likeness (QED) is 0.638. The van der Waals surface area contributed by atoms with Crippen LogP contribution < -0.4 is 0 Å². The highest BCUT2D eigenvalue weighted by molar-refractivity contribution is 6.18. The van der Waals surface area contributed by atoms with Crippen LogP contribution in [0.15, 0.2) is 0 Å². The maximum absolute atomic E-state index is 9.60. The lowest BCUT2D eigenvalue weighted by molar-refractivity contribution is -0.00373. The fourth-order valence-electron chi connectivity index (χ4n) is 1.38. The third-order valence-electron chi connectivity index (χ3n) is 2.33. The molecular weight excluding hydrogens is 162 g/mol. The molecule has 0 aromatic rings. The molecule has 11 heavy (non-hydrogen) atoms. The van der Waals surface area contributed by atoms with Gasteiger partial charge in [-0.25, -0.2) is 0 Å². The van der Waals surface area contributed by atoms with Crippen LogP contribution in [0, 0.1) is 0 Å². The van der Waals surface area contributed by atoms with E-state index in [0.717, 1.165) is 32.5 Å². The zero-order valence-corrected chi connectivity index (χ0v) is 7.77. The van der Waals surface area contributed by atoms with E-state index in [9.17, 15) is 5.11 Å². The van der Waals surface area contributed by atoms with Crippen LogP contribution in [0.2, 0.25) is 0 Å². The molecule has 1 N–H and O–H groups in total. The molecule has 0 bridgehead atoms. The van der Waals surface area contributed by atoms with Gasteiger partial charge in [0.1, 0.15) is 0 Å². The van der Waals surface area contributed by atoms with E-state index in [4.69, 9.17) is 11.6 Å². The minimum Gasteiger partial charge on any atom is -0.390 e. The largest absolute Gasteiger partial charge is 0.390 e. The number of halogens is 1. The standard InChI is InChI=1S/C8H16ClNO/c1-8(11)2-5-10(6-3-8)7-4-9/h11H,2-7H2,1H3. The first-order chi connectivity index (χ1) is 5.14. The molecule has 0 spiro atoms. The number of nitrogens with zero attached hydrogens (tertiary/aromatic N) is 1. The number of alkyl halides is 1. The minimum absolute atomic E-state index is 0.428. The van der Waals surface area contributed by atoms with E-state index < -0.39 is 5.60 Å². The Hall–Kier alpha value is 0.210. The third-order valence-corrected chi connectivity index (χ3v) is 2.50. The summed E-state index contributed by atoms with van der Waals surface area (Å²) in [5.74, 6) is 0.697. The Labute approximate surface area is 73.1 Å². The second-order valence-corrected chi connectivity index (χ2v) is 3.91. The van der Waals surface area contributed by atoms with Crippen molar-refractivity contribution >= 4 is 11.6 Å². The fourth-order valence-corrected chi connectivity index (χ4v) is 1.62. The van der Waals surface area contributed by atoms with E-state index in [1.165, 1.54) is 0 Å². The molecule has 1 saturated heterocycles. The van der Waals surface area contributed by atoms with Gasteiger partial charge < -0.3 is 10.0 Å². The molecule has 0 aromatic heterocycles. The summed E-state index contributed by atoms with van der Waals surface area (Å²) in [6.07, 6.45) is 1.76. The summed E-state index contributed by atoms with van der Waals surface area (Å²) in [6.45, 7) is 4.84. The van der Waals surface area contributed by atoms with Crippen molar-refractivity contribution in [3.63, 3.8) is 0 Å². The number of likely N-dealkylation sites (tertiary alicyclic amines) is 1. The summed E-state index contributed by atoms with van der Waals surface area (Å²) in [4.78, 5) is 2.30. The Morgan fingerprint density at radius 2 is 2.00 bits per heavy atom. The minimum atomic E-state index is -0.428. The lowest BCUT2D eigenvalue weighted by Crippen LogP contribution is -2.42. The summed E-state index contributed by atoms with van der Waals surface area (Å²) in [6, 6.07) is 0. The SMILES string of the molecule is CC1(O)CCN(CCCl)CC1. The molecule has 0 unspecified atom stereocenters. The molecule has 3 heteroatoms. The average molecular weight is 178 g/mol. The first-order valence-corrected chi connectivity index (χ1v) is 4.68. The number of hydrogen-bond donors (Lipinski definition) is 1. The van der Waals surface area contributed by atoms with Gasteiger partial charge in [0.05, 0.1) is 5.60 Å². The summed E-state index contributed by atoms with van der Waals surface area (Å²) in [5, 5.41) is 9.60. The smallest absolute Gasteiger partial charge is 0.0644 e. The maximum atomic E-state index is 9.60. The van der Waals surface area contributed by atoms with Gasteiger partial charge in [-0.05, 0) is 19.8 Å². The molecule has 0 atom stereocenters. The fraction of sp³-hybridized carbons (Fsp3) is 1.00. The van der Waals surface area contributed by atoms with Gasteiger partial charge in [0.15, 0.2) is 0 Å². The number of hydrogen-bond acceptors (Lipinski definition) is 2. The van der Waals surface area contributed by atoms with E-state index in [0.29, 0.717) is 5.88 Å². The first-order valence-electron chi connectivity index (χ1n) is 4.15. The third kappa shape index (κ3) is 2.97. The van der Waals surface area contributed by atoms with Crippen molar-refractivity contribution in [1.82, 2.24) is 4.90 Å². The van der Waals surface area contributed by atoms with Crippen molar-refractivity contribution in [3.8, 4) is 0 Å². The Morgan fingerprint density at radius 3 is 2.45 bits per heavy atom. The van der Waals surface area contributed by atoms with Crippen molar-refractivity contribution < 1.29 is 5.11 Å². The Morgan fingerprint density at radius 1 is 1.45 bits per heavy atom. The Kier molecular flexibility index (Phi) is 3.16. The molecular formula is C8H16ClNO. The van der Waals surface area contributed by atoms with Gasteiger partial charge in [0.25, 0.3) is 0 Å². The van der Waals surface area contributed by atoms with Crippen LogP contribution in [-0.4, -0.2) is 41.1 Å². The molecule has 0 saturated carbocycles. The van der Waals surface area contributed by atoms with Gasteiger partial charge in [-0.15, -0.1) is 11.6 Å². The molecule has 2 nitrogen and oxygen atoms in total. The first kappa shape index (κ1) is 9.30. The zero-order valence-electron chi connectivity index (χ0n) is 7.02. The Balaban J connectivity index is 2.25. The lowest BCUT2D eigenvalue weighted by atomic mass is 9.94. The van der Waals surface area contributed by atoms with Crippen LogP contribution >= 0.6 is 11.6 Å². The van der Waals surface area contributed by atoms with Crippen molar-refractivity contribution in [1.29, 1.82) is 0 Å². The highest BCUT2D eigenvalue weighted by Gasteiger charge is 2.26. The van der Waals surface area contributed by atoms with Gasteiger partial charge in [0.2, 0.25) is 0 Å². The highest BCUT2D eigenvalue weighted by atomic mass is 35.5. The van der Waals surface area contributed by atoms with Crippen LogP contribution in [0.5, 0.6) is 0 Å². The molecule has 0 aromatic carbocycles. The highest BCUT2D eigenvalue weighted by Crippen LogP contribution is 2.20. The topological polar surface area (TPSA) is 23.5 Å². The van der Waals surface area contributed by atoms with Gasteiger partial charge in [-0.3, -0.25) is 0 Å². The average Bonchev–Trinajstić information content (AvgIpc) is 1.94. The van der Waals surface area contributed by atoms with E-state index in [2.05, 4.69) is 4.90 Å². The summed E-state index contributed by atoms with van der Waals surface area (Å²) in [7, 11) is 0. The summed E-state index contributed by atoms with van der Waals surface area (Å²) >= 11 is 5.60. The molecule has 0 radical (unpaired) electrons. The molecule has 1 aliphatic heterocycles. The Bertz CT molecular complexity index is 117. The van der Waals surface area contributed by atoms with E-state index in [-0.39, 0.29) is 0 Å². The number of piperidine rings is 1. The second kappa shape index (κ2) is 3.74. The van der Waals surface area contributed by atoms with Gasteiger partial charge in [0, 0.05) is 25.5 Å². The van der Waals surface area contributed by atoms with Crippen LogP contribution in [0.3, 0.4) is 0 Å². The van der Waals surface area contributed by atoms with Crippen molar-refractivity contribution in [2.24, 2.45) is 0 Å². The number of rotatable bonds is 2. The van der Waals surface area contributed by atoms with Gasteiger partial charge in [-0.2, -0.15) is 0 Å². The molecule has 0 aliphatic carbocycles. The van der Waals surface area contributed by atoms with Crippen LogP contribution in [0.1, 0.15) is 19.8 Å². The predicted molar refractivity (Wildman–Crippen MR) is 47.0 cm³/mol.